The van der Waals surface area contributed by atoms with Gasteiger partial charge in [0.15, 0.2) is 0 Å². The summed E-state index contributed by atoms with van der Waals surface area (Å²) in [6.07, 6.45) is 7.94. The average molecular weight is 348 g/mol. The monoisotopic (exact) mass is 348 g/mol. The molecular formula is C17H24N4O4. The highest BCUT2D eigenvalue weighted by Gasteiger charge is 2.45. The van der Waals surface area contributed by atoms with Gasteiger partial charge in [0.2, 0.25) is 11.8 Å². The van der Waals surface area contributed by atoms with E-state index in [1.165, 1.54) is 13.3 Å². The largest absolute Gasteiger partial charge is 0.479 e. The fourth-order valence-corrected chi connectivity index (χ4v) is 3.97. The van der Waals surface area contributed by atoms with Gasteiger partial charge in [0.25, 0.3) is 0 Å². The molecule has 0 spiro atoms. The number of aromatic nitrogens is 2. The molecule has 2 fully saturated rings. The molecule has 1 atom stereocenters. The molecule has 0 aromatic carbocycles. The van der Waals surface area contributed by atoms with E-state index in [9.17, 15) is 19.5 Å². The molecule has 3 heterocycles. The van der Waals surface area contributed by atoms with E-state index in [1.54, 1.807) is 26.8 Å². The zero-order valence-corrected chi connectivity index (χ0v) is 14.4. The first-order chi connectivity index (χ1) is 12.0. The SMILES string of the molecule is CC(=O)N1CCCC[C@@H]1C(=O)N1CCC(C(=O)O)(n2ccnc2)CC1. The van der Waals surface area contributed by atoms with Crippen molar-refractivity contribution in [1.29, 1.82) is 0 Å². The van der Waals surface area contributed by atoms with Crippen LogP contribution < -0.4 is 0 Å². The third-order valence-electron chi connectivity index (χ3n) is 5.49. The van der Waals surface area contributed by atoms with Crippen LogP contribution in [-0.4, -0.2) is 67.9 Å². The maximum Gasteiger partial charge on any atom is 0.330 e. The van der Waals surface area contributed by atoms with Crippen LogP contribution in [0.15, 0.2) is 18.7 Å². The number of hydrogen-bond acceptors (Lipinski definition) is 4. The zero-order valence-electron chi connectivity index (χ0n) is 14.4. The van der Waals surface area contributed by atoms with Gasteiger partial charge in [-0.25, -0.2) is 9.78 Å². The van der Waals surface area contributed by atoms with Crippen molar-refractivity contribution in [3.05, 3.63) is 18.7 Å². The van der Waals surface area contributed by atoms with Crippen LogP contribution in [0.2, 0.25) is 0 Å². The van der Waals surface area contributed by atoms with Gasteiger partial charge in [-0.05, 0) is 32.1 Å². The van der Waals surface area contributed by atoms with Crippen LogP contribution in [0.4, 0.5) is 0 Å². The van der Waals surface area contributed by atoms with Gasteiger partial charge in [0.05, 0.1) is 6.33 Å². The summed E-state index contributed by atoms with van der Waals surface area (Å²) in [7, 11) is 0. The molecular weight excluding hydrogens is 324 g/mol. The summed E-state index contributed by atoms with van der Waals surface area (Å²) in [5.41, 5.74) is -1.06. The van der Waals surface area contributed by atoms with Gasteiger partial charge in [0, 0.05) is 39.0 Å². The highest BCUT2D eigenvalue weighted by atomic mass is 16.4. The van der Waals surface area contributed by atoms with E-state index in [0.717, 1.165) is 12.8 Å². The van der Waals surface area contributed by atoms with E-state index in [4.69, 9.17) is 0 Å². The predicted molar refractivity (Wildman–Crippen MR) is 88.7 cm³/mol. The number of carboxylic acids is 1. The molecule has 3 rings (SSSR count). The smallest absolute Gasteiger partial charge is 0.330 e. The Morgan fingerprint density at radius 2 is 1.88 bits per heavy atom. The zero-order chi connectivity index (χ0) is 18.0. The van der Waals surface area contributed by atoms with Crippen LogP contribution in [0, 0.1) is 0 Å². The molecule has 0 radical (unpaired) electrons. The van der Waals surface area contributed by atoms with Crippen LogP contribution >= 0.6 is 0 Å². The molecule has 0 saturated carbocycles. The van der Waals surface area contributed by atoms with Crippen LogP contribution in [0.25, 0.3) is 0 Å². The van der Waals surface area contributed by atoms with E-state index in [0.29, 0.717) is 38.9 Å². The molecule has 2 amide bonds. The molecule has 2 saturated heterocycles. The molecule has 25 heavy (non-hydrogen) atoms. The lowest BCUT2D eigenvalue weighted by Gasteiger charge is -2.42. The van der Waals surface area contributed by atoms with Crippen molar-refractivity contribution in [2.45, 2.75) is 50.6 Å². The second kappa shape index (κ2) is 6.85. The molecule has 2 aliphatic heterocycles. The summed E-state index contributed by atoms with van der Waals surface area (Å²) >= 11 is 0. The minimum Gasteiger partial charge on any atom is -0.479 e. The number of aliphatic carboxylic acids is 1. The number of hydrogen-bond donors (Lipinski definition) is 1. The summed E-state index contributed by atoms with van der Waals surface area (Å²) in [5.74, 6) is -1.03. The molecule has 0 bridgehead atoms. The fraction of sp³-hybridized carbons (Fsp3) is 0.647. The Morgan fingerprint density at radius 3 is 2.44 bits per heavy atom. The Morgan fingerprint density at radius 1 is 1.16 bits per heavy atom. The predicted octanol–water partition coefficient (Wildman–Crippen LogP) is 0.686. The average Bonchev–Trinajstić information content (AvgIpc) is 3.16. The van der Waals surface area contributed by atoms with Crippen LogP contribution in [0.5, 0.6) is 0 Å². The second-order valence-corrected chi connectivity index (χ2v) is 6.86. The number of amides is 2. The van der Waals surface area contributed by atoms with Crippen LogP contribution in [0.3, 0.4) is 0 Å². The standard InChI is InChI=1S/C17H24N4O4/c1-13(22)21-8-3-2-4-14(21)15(23)19-9-5-17(6-10-19,16(24)25)20-11-7-18-12-20/h7,11-12,14H,2-6,8-10H2,1H3,(H,24,25)/t14-/m1/s1. The Hall–Kier alpha value is -2.38. The Labute approximate surface area is 146 Å². The maximum atomic E-state index is 12.9. The van der Waals surface area contributed by atoms with Gasteiger partial charge in [-0.3, -0.25) is 9.59 Å². The van der Waals surface area contributed by atoms with Gasteiger partial charge >= 0.3 is 5.97 Å². The minimum absolute atomic E-state index is 0.0560. The molecule has 1 aromatic rings. The van der Waals surface area contributed by atoms with E-state index in [1.807, 2.05) is 0 Å². The third-order valence-corrected chi connectivity index (χ3v) is 5.49. The first-order valence-corrected chi connectivity index (χ1v) is 8.73. The normalized spacial score (nSPS) is 23.3. The molecule has 136 valence electrons. The van der Waals surface area contributed by atoms with Gasteiger partial charge in [-0.1, -0.05) is 0 Å². The van der Waals surface area contributed by atoms with E-state index >= 15 is 0 Å². The van der Waals surface area contributed by atoms with E-state index in [2.05, 4.69) is 4.98 Å². The number of carboxylic acid groups (broad SMARTS) is 1. The lowest BCUT2D eigenvalue weighted by molar-refractivity contribution is -0.155. The van der Waals surface area contributed by atoms with Crippen LogP contribution in [0.1, 0.15) is 39.0 Å². The Balaban J connectivity index is 1.72. The molecule has 0 aliphatic carbocycles. The summed E-state index contributed by atoms with van der Waals surface area (Å²) in [6, 6.07) is -0.406. The molecule has 2 aliphatic rings. The number of likely N-dealkylation sites (tertiary alicyclic amines) is 2. The summed E-state index contributed by atoms with van der Waals surface area (Å²) in [5, 5.41) is 9.74. The van der Waals surface area contributed by atoms with Crippen molar-refractivity contribution in [3.63, 3.8) is 0 Å². The highest BCUT2D eigenvalue weighted by molar-refractivity contribution is 5.87. The lowest BCUT2D eigenvalue weighted by atomic mass is 9.86. The van der Waals surface area contributed by atoms with Gasteiger partial charge in [-0.2, -0.15) is 0 Å². The number of carbonyl (C=O) groups is 3. The fourth-order valence-electron chi connectivity index (χ4n) is 3.97. The van der Waals surface area contributed by atoms with Crippen molar-refractivity contribution in [2.24, 2.45) is 0 Å². The number of rotatable bonds is 3. The number of carbonyl (C=O) groups excluding carboxylic acids is 2. The number of nitrogens with zero attached hydrogens (tertiary/aromatic N) is 4. The molecule has 0 unspecified atom stereocenters. The Bertz CT molecular complexity index is 650. The Kier molecular flexibility index (Phi) is 4.78. The van der Waals surface area contributed by atoms with Gasteiger partial charge in [0.1, 0.15) is 11.6 Å². The molecule has 8 heteroatoms. The van der Waals surface area contributed by atoms with Crippen molar-refractivity contribution < 1.29 is 19.5 Å². The minimum atomic E-state index is -1.06. The van der Waals surface area contributed by atoms with Gasteiger partial charge < -0.3 is 19.5 Å². The second-order valence-electron chi connectivity index (χ2n) is 6.86. The molecule has 1 N–H and O–H groups in total. The quantitative estimate of drug-likeness (QED) is 0.867. The topological polar surface area (TPSA) is 95.7 Å². The summed E-state index contributed by atoms with van der Waals surface area (Å²) in [6.45, 7) is 2.85. The number of piperidine rings is 2. The summed E-state index contributed by atoms with van der Waals surface area (Å²) in [4.78, 5) is 43.9. The van der Waals surface area contributed by atoms with Crippen LogP contribution in [-0.2, 0) is 19.9 Å². The molecule has 8 nitrogen and oxygen atoms in total. The van der Waals surface area contributed by atoms with Crippen molar-refractivity contribution in [1.82, 2.24) is 19.4 Å². The van der Waals surface area contributed by atoms with E-state index < -0.39 is 17.6 Å². The van der Waals surface area contributed by atoms with Crippen molar-refractivity contribution >= 4 is 17.8 Å². The lowest BCUT2D eigenvalue weighted by Crippen LogP contribution is -2.57. The first-order valence-electron chi connectivity index (χ1n) is 8.73. The first kappa shape index (κ1) is 17.4. The summed E-state index contributed by atoms with van der Waals surface area (Å²) < 4.78 is 1.62. The maximum absolute atomic E-state index is 12.9. The van der Waals surface area contributed by atoms with E-state index in [-0.39, 0.29) is 11.8 Å². The molecule has 1 aromatic heterocycles. The number of imidazole rings is 1. The van der Waals surface area contributed by atoms with Gasteiger partial charge in [-0.15, -0.1) is 0 Å². The van der Waals surface area contributed by atoms with Crippen molar-refractivity contribution in [2.75, 3.05) is 19.6 Å². The van der Waals surface area contributed by atoms with Crippen molar-refractivity contribution in [3.8, 4) is 0 Å². The third kappa shape index (κ3) is 3.12. The highest BCUT2D eigenvalue weighted by Crippen LogP contribution is 2.31.